The van der Waals surface area contributed by atoms with Crippen molar-refractivity contribution in [1.82, 2.24) is 10.3 Å². The summed E-state index contributed by atoms with van der Waals surface area (Å²) in [5.74, 6) is -0.367. The van der Waals surface area contributed by atoms with Crippen molar-refractivity contribution in [3.63, 3.8) is 0 Å². The van der Waals surface area contributed by atoms with Gasteiger partial charge in [0.25, 0.3) is 0 Å². The number of nitrogens with two attached hydrogens (primary N) is 1. The van der Waals surface area contributed by atoms with E-state index in [1.165, 1.54) is 0 Å². The van der Waals surface area contributed by atoms with Crippen LogP contribution in [0.4, 0.5) is 0 Å². The summed E-state index contributed by atoms with van der Waals surface area (Å²) < 4.78 is 0. The second kappa shape index (κ2) is 10.2. The van der Waals surface area contributed by atoms with Gasteiger partial charge in [-0.05, 0) is 24.1 Å². The van der Waals surface area contributed by atoms with Crippen LogP contribution in [0.25, 0.3) is 0 Å². The fourth-order valence-electron chi connectivity index (χ4n) is 2.00. The number of amides is 1. The second-order valence-corrected chi connectivity index (χ2v) is 4.72. The third-order valence-corrected chi connectivity index (χ3v) is 3.19. The molecule has 1 heterocycles. The number of nitrogens with zero attached hydrogens (tertiary/aromatic N) is 1. The van der Waals surface area contributed by atoms with Crippen molar-refractivity contribution in [3.05, 3.63) is 65.5 Å². The largest absolute Gasteiger partial charge is 0.351 e. The number of hydrogen-bond acceptors (Lipinski definition) is 3. The number of pyridine rings is 1. The predicted octanol–water partition coefficient (Wildman–Crippen LogP) is 2.59. The summed E-state index contributed by atoms with van der Waals surface area (Å²) >= 11 is 0. The van der Waals surface area contributed by atoms with Crippen LogP contribution in [0, 0.1) is 6.92 Å². The lowest BCUT2D eigenvalue weighted by Crippen LogP contribution is -2.33. The zero-order valence-corrected chi connectivity index (χ0v) is 14.0. The van der Waals surface area contributed by atoms with Crippen LogP contribution in [-0.4, -0.2) is 17.4 Å². The van der Waals surface area contributed by atoms with Crippen LogP contribution in [0.5, 0.6) is 0 Å². The van der Waals surface area contributed by atoms with E-state index in [4.69, 9.17) is 5.73 Å². The highest BCUT2D eigenvalue weighted by Crippen LogP contribution is 2.14. The molecule has 0 saturated heterocycles. The average Bonchev–Trinajstić information content (AvgIpc) is 2.48. The molecule has 2 rings (SSSR count). The lowest BCUT2D eigenvalue weighted by Gasteiger charge is -2.15. The molecule has 1 unspecified atom stereocenters. The van der Waals surface area contributed by atoms with Crippen LogP contribution < -0.4 is 11.1 Å². The Kier molecular flexibility index (Phi) is 9.42. The molecule has 1 amide bonds. The van der Waals surface area contributed by atoms with Gasteiger partial charge >= 0.3 is 0 Å². The highest BCUT2D eigenvalue weighted by Gasteiger charge is 2.18. The van der Waals surface area contributed by atoms with E-state index in [1.807, 2.05) is 49.4 Å². The molecule has 0 aliphatic rings. The highest BCUT2D eigenvalue weighted by atomic mass is 35.5. The lowest BCUT2D eigenvalue weighted by molar-refractivity contribution is -0.122. The van der Waals surface area contributed by atoms with Gasteiger partial charge in [0.1, 0.15) is 0 Å². The maximum absolute atomic E-state index is 12.2. The van der Waals surface area contributed by atoms with Crippen molar-refractivity contribution in [1.29, 1.82) is 0 Å². The van der Waals surface area contributed by atoms with E-state index >= 15 is 0 Å². The number of benzene rings is 1. The molecule has 0 aliphatic carbocycles. The molecular formula is C16H21Cl2N3O. The Balaban J connectivity index is 0.00000220. The van der Waals surface area contributed by atoms with E-state index in [0.717, 1.165) is 16.8 Å². The Labute approximate surface area is 143 Å². The molecule has 1 aromatic heterocycles. The third-order valence-electron chi connectivity index (χ3n) is 3.19. The molecule has 0 bridgehead atoms. The van der Waals surface area contributed by atoms with Crippen LogP contribution in [-0.2, 0) is 11.3 Å². The van der Waals surface area contributed by atoms with Crippen molar-refractivity contribution >= 4 is 30.7 Å². The van der Waals surface area contributed by atoms with Gasteiger partial charge < -0.3 is 11.1 Å². The summed E-state index contributed by atoms with van der Waals surface area (Å²) in [4.78, 5) is 16.4. The zero-order chi connectivity index (χ0) is 14.4. The Morgan fingerprint density at radius 1 is 1.18 bits per heavy atom. The van der Waals surface area contributed by atoms with Gasteiger partial charge in [-0.15, -0.1) is 24.8 Å². The number of nitrogens with one attached hydrogen (secondary N) is 1. The average molecular weight is 342 g/mol. The van der Waals surface area contributed by atoms with Crippen LogP contribution in [0.15, 0.2) is 48.7 Å². The molecule has 22 heavy (non-hydrogen) atoms. The fourth-order valence-corrected chi connectivity index (χ4v) is 2.00. The number of aryl methyl sites for hydroxylation is 1. The molecule has 0 saturated carbocycles. The van der Waals surface area contributed by atoms with Crippen molar-refractivity contribution in [2.24, 2.45) is 5.73 Å². The van der Waals surface area contributed by atoms with E-state index in [9.17, 15) is 4.79 Å². The predicted molar refractivity (Wildman–Crippen MR) is 93.6 cm³/mol. The summed E-state index contributed by atoms with van der Waals surface area (Å²) in [6.07, 6.45) is 1.77. The van der Waals surface area contributed by atoms with E-state index in [-0.39, 0.29) is 36.6 Å². The Bertz CT molecular complexity index is 561. The standard InChI is InChI=1S/C16H19N3O.2ClH/c1-12-7-8-13(10-18-12)11-19-16(20)15(9-17)14-5-3-2-4-6-14;;/h2-8,10,15H,9,11,17H2,1H3,(H,19,20);2*1H. The van der Waals surface area contributed by atoms with Gasteiger partial charge in [0, 0.05) is 25.0 Å². The molecule has 0 spiro atoms. The first-order valence-electron chi connectivity index (χ1n) is 6.65. The monoisotopic (exact) mass is 341 g/mol. The van der Waals surface area contributed by atoms with Gasteiger partial charge in [-0.1, -0.05) is 36.4 Å². The minimum Gasteiger partial charge on any atom is -0.351 e. The Hall–Kier alpha value is -1.62. The minimum absolute atomic E-state index is 0. The topological polar surface area (TPSA) is 68.0 Å². The van der Waals surface area contributed by atoms with Crippen LogP contribution in [0.3, 0.4) is 0 Å². The number of aromatic nitrogens is 1. The molecule has 0 fully saturated rings. The van der Waals surface area contributed by atoms with Gasteiger partial charge in [-0.2, -0.15) is 0 Å². The molecule has 1 aromatic carbocycles. The van der Waals surface area contributed by atoms with Crippen molar-refractivity contribution in [2.75, 3.05) is 6.54 Å². The highest BCUT2D eigenvalue weighted by molar-refractivity contribution is 5.85. The van der Waals surface area contributed by atoms with Crippen molar-refractivity contribution in [2.45, 2.75) is 19.4 Å². The van der Waals surface area contributed by atoms with Crippen LogP contribution in [0.1, 0.15) is 22.7 Å². The third kappa shape index (κ3) is 5.64. The first-order valence-corrected chi connectivity index (χ1v) is 6.65. The van der Waals surface area contributed by atoms with Gasteiger partial charge in [-0.3, -0.25) is 9.78 Å². The van der Waals surface area contributed by atoms with E-state index in [1.54, 1.807) is 6.20 Å². The normalized spacial score (nSPS) is 10.8. The summed E-state index contributed by atoms with van der Waals surface area (Å²) in [7, 11) is 0. The van der Waals surface area contributed by atoms with E-state index < -0.39 is 0 Å². The molecule has 120 valence electrons. The molecule has 1 atom stereocenters. The van der Waals surface area contributed by atoms with Gasteiger partial charge in [0.15, 0.2) is 0 Å². The SMILES string of the molecule is Cc1ccc(CNC(=O)C(CN)c2ccccc2)cn1.Cl.Cl. The van der Waals surface area contributed by atoms with E-state index in [2.05, 4.69) is 10.3 Å². The van der Waals surface area contributed by atoms with Crippen LogP contribution >= 0.6 is 24.8 Å². The first kappa shape index (κ1) is 20.4. The Morgan fingerprint density at radius 2 is 1.86 bits per heavy atom. The summed E-state index contributed by atoms with van der Waals surface area (Å²) in [6, 6.07) is 13.5. The smallest absolute Gasteiger partial charge is 0.229 e. The number of rotatable bonds is 5. The zero-order valence-electron chi connectivity index (χ0n) is 12.4. The van der Waals surface area contributed by atoms with Crippen molar-refractivity contribution < 1.29 is 4.79 Å². The van der Waals surface area contributed by atoms with Gasteiger partial charge in [0.2, 0.25) is 5.91 Å². The maximum Gasteiger partial charge on any atom is 0.229 e. The van der Waals surface area contributed by atoms with Crippen molar-refractivity contribution in [3.8, 4) is 0 Å². The number of carbonyl (C=O) groups is 1. The second-order valence-electron chi connectivity index (χ2n) is 4.72. The molecular weight excluding hydrogens is 321 g/mol. The molecule has 6 heteroatoms. The maximum atomic E-state index is 12.2. The van der Waals surface area contributed by atoms with Crippen LogP contribution in [0.2, 0.25) is 0 Å². The van der Waals surface area contributed by atoms with Gasteiger partial charge in [-0.25, -0.2) is 0 Å². The first-order chi connectivity index (χ1) is 9.70. The molecule has 4 nitrogen and oxygen atoms in total. The summed E-state index contributed by atoms with van der Waals surface area (Å²) in [5, 5.41) is 2.91. The summed E-state index contributed by atoms with van der Waals surface area (Å²) in [5.41, 5.74) is 8.60. The molecule has 3 N–H and O–H groups in total. The quantitative estimate of drug-likeness (QED) is 0.878. The van der Waals surface area contributed by atoms with Gasteiger partial charge in [0.05, 0.1) is 5.92 Å². The molecule has 0 radical (unpaired) electrons. The summed E-state index contributed by atoms with van der Waals surface area (Å²) in [6.45, 7) is 2.69. The number of carbonyl (C=O) groups excluding carboxylic acids is 1. The fraction of sp³-hybridized carbons (Fsp3) is 0.250. The molecule has 0 aliphatic heterocycles. The lowest BCUT2D eigenvalue weighted by atomic mass is 9.98. The molecule has 2 aromatic rings. The number of halogens is 2. The minimum atomic E-state index is -0.311. The Morgan fingerprint density at radius 3 is 2.41 bits per heavy atom. The van der Waals surface area contributed by atoms with E-state index in [0.29, 0.717) is 13.1 Å². The number of hydrogen-bond donors (Lipinski definition) is 2.